The molecule has 2 aromatic carbocycles. The van der Waals surface area contributed by atoms with Crippen molar-refractivity contribution in [2.75, 3.05) is 13.1 Å². The Morgan fingerprint density at radius 1 is 1.14 bits per heavy atom. The van der Waals surface area contributed by atoms with Crippen LogP contribution in [0.15, 0.2) is 60.7 Å². The van der Waals surface area contributed by atoms with Gasteiger partial charge in [-0.25, -0.2) is 0 Å². The van der Waals surface area contributed by atoms with Gasteiger partial charge in [0, 0.05) is 31.2 Å². The molecule has 4 rings (SSSR count). The van der Waals surface area contributed by atoms with Crippen LogP contribution >= 0.6 is 0 Å². The van der Waals surface area contributed by atoms with Crippen LogP contribution in [-0.2, 0) is 17.8 Å². The number of nitrogens with zero attached hydrogens (tertiary/aromatic N) is 2. The third-order valence-electron chi connectivity index (χ3n) is 5.21. The summed E-state index contributed by atoms with van der Waals surface area (Å²) >= 11 is 0. The number of hydrogen-bond donors (Lipinski definition) is 3. The van der Waals surface area contributed by atoms with Crippen LogP contribution in [0.4, 0.5) is 0 Å². The molecule has 1 aromatic heterocycles. The van der Waals surface area contributed by atoms with Crippen molar-refractivity contribution in [2.45, 2.75) is 26.0 Å². The van der Waals surface area contributed by atoms with Crippen molar-refractivity contribution in [1.82, 2.24) is 15.1 Å². The van der Waals surface area contributed by atoms with Crippen LogP contribution in [0.1, 0.15) is 17.0 Å². The van der Waals surface area contributed by atoms with Crippen molar-refractivity contribution in [3.63, 3.8) is 0 Å². The summed E-state index contributed by atoms with van der Waals surface area (Å²) in [4.78, 5) is 10.7. The number of hydrogen-bond acceptors (Lipinski definition) is 4. The van der Waals surface area contributed by atoms with E-state index in [1.54, 1.807) is 0 Å². The lowest BCUT2D eigenvalue weighted by Crippen LogP contribution is -2.21. The lowest BCUT2D eigenvalue weighted by atomic mass is 9.99. The highest BCUT2D eigenvalue weighted by Crippen LogP contribution is 2.28. The maximum Gasteiger partial charge on any atom is 0.290 e. The van der Waals surface area contributed by atoms with Crippen molar-refractivity contribution >= 4 is 6.47 Å². The minimum Gasteiger partial charge on any atom is -0.483 e. The number of aryl methyl sites for hydroxylation is 1. The highest BCUT2D eigenvalue weighted by molar-refractivity contribution is 5.67. The zero-order valence-electron chi connectivity index (χ0n) is 16.5. The van der Waals surface area contributed by atoms with E-state index in [0.717, 1.165) is 37.4 Å². The molecule has 152 valence electrons. The SMILES string of the molecule is Cc1cc(C[C@@H]2CN(Cc3ccccc3-c3ccccc3)C[C@H]2O)n[nH]1.O=CO. The number of nitrogens with one attached hydrogen (secondary N) is 1. The van der Waals surface area contributed by atoms with Crippen LogP contribution in [0.25, 0.3) is 11.1 Å². The van der Waals surface area contributed by atoms with Gasteiger partial charge in [0.2, 0.25) is 0 Å². The molecule has 3 N–H and O–H groups in total. The van der Waals surface area contributed by atoms with Gasteiger partial charge in [-0.1, -0.05) is 54.6 Å². The maximum atomic E-state index is 10.5. The van der Waals surface area contributed by atoms with E-state index in [1.807, 2.05) is 13.0 Å². The fourth-order valence-corrected chi connectivity index (χ4v) is 3.92. The van der Waals surface area contributed by atoms with E-state index in [2.05, 4.69) is 69.7 Å². The van der Waals surface area contributed by atoms with Gasteiger partial charge in [0.05, 0.1) is 11.8 Å². The molecule has 3 aromatic rings. The molecule has 0 aliphatic carbocycles. The summed E-state index contributed by atoms with van der Waals surface area (Å²) in [5, 5.41) is 24.7. The summed E-state index contributed by atoms with van der Waals surface area (Å²) < 4.78 is 0. The number of carboxylic acid groups (broad SMARTS) is 1. The van der Waals surface area contributed by atoms with E-state index in [4.69, 9.17) is 9.90 Å². The normalized spacial score (nSPS) is 18.8. The fourth-order valence-electron chi connectivity index (χ4n) is 3.92. The minimum atomic E-state index is -0.295. The molecule has 0 unspecified atom stereocenters. The van der Waals surface area contributed by atoms with Gasteiger partial charge in [0.1, 0.15) is 0 Å². The Kier molecular flexibility index (Phi) is 7.16. The Morgan fingerprint density at radius 2 is 1.83 bits per heavy atom. The maximum absolute atomic E-state index is 10.5. The topological polar surface area (TPSA) is 89.5 Å². The molecule has 6 nitrogen and oxygen atoms in total. The highest BCUT2D eigenvalue weighted by atomic mass is 16.3. The van der Waals surface area contributed by atoms with Crippen molar-refractivity contribution in [3.8, 4) is 11.1 Å². The molecule has 1 aliphatic rings. The second-order valence-electron chi connectivity index (χ2n) is 7.40. The van der Waals surface area contributed by atoms with Crippen LogP contribution < -0.4 is 0 Å². The van der Waals surface area contributed by atoms with Crippen molar-refractivity contribution < 1.29 is 15.0 Å². The molecule has 29 heavy (non-hydrogen) atoms. The number of rotatable bonds is 5. The molecule has 0 radical (unpaired) electrons. The van der Waals surface area contributed by atoms with Crippen LogP contribution in [0, 0.1) is 12.8 Å². The molecule has 0 spiro atoms. The molecule has 0 amide bonds. The number of β-amino-alcohol motifs (C(OH)–C–C–N with tert-alkyl or cyclic N) is 1. The number of aliphatic hydroxyl groups is 1. The van der Waals surface area contributed by atoms with Gasteiger partial charge in [-0.15, -0.1) is 0 Å². The molecule has 1 fully saturated rings. The number of aromatic amines is 1. The number of benzene rings is 2. The predicted octanol–water partition coefficient (Wildman–Crippen LogP) is 3.12. The standard InChI is InChI=1S/C22H25N3O.CH2O2/c1-16-11-20(24-23-16)12-19-14-25(15-22(19)26)13-18-9-5-6-10-21(18)17-7-3-2-4-8-17;2-1-3/h2-11,19,22,26H,12-15H2,1H3,(H,23,24);1H,(H,2,3)/t19-,22-;/m1./s1. The van der Waals surface area contributed by atoms with E-state index in [1.165, 1.54) is 16.7 Å². The van der Waals surface area contributed by atoms with Gasteiger partial charge in [0.15, 0.2) is 0 Å². The average Bonchev–Trinajstić information content (AvgIpc) is 3.29. The first-order valence-corrected chi connectivity index (χ1v) is 9.73. The van der Waals surface area contributed by atoms with Crippen LogP contribution in [-0.4, -0.2) is 51.0 Å². The van der Waals surface area contributed by atoms with E-state index in [-0.39, 0.29) is 18.5 Å². The Balaban J connectivity index is 0.000000755. The summed E-state index contributed by atoms with van der Waals surface area (Å²) in [5.41, 5.74) is 5.93. The fraction of sp³-hybridized carbons (Fsp3) is 0.304. The third kappa shape index (κ3) is 5.53. The zero-order valence-corrected chi connectivity index (χ0v) is 16.5. The summed E-state index contributed by atoms with van der Waals surface area (Å²) in [6.07, 6.45) is 0.526. The second kappa shape index (κ2) is 10.0. The van der Waals surface area contributed by atoms with E-state index in [9.17, 15) is 5.11 Å². The van der Waals surface area contributed by atoms with Crippen molar-refractivity contribution in [3.05, 3.63) is 77.6 Å². The molecule has 0 bridgehead atoms. The third-order valence-corrected chi connectivity index (χ3v) is 5.21. The number of aromatic nitrogens is 2. The molecule has 6 heteroatoms. The largest absolute Gasteiger partial charge is 0.483 e. The second-order valence-corrected chi connectivity index (χ2v) is 7.40. The van der Waals surface area contributed by atoms with Crippen LogP contribution in [0.5, 0.6) is 0 Å². The highest BCUT2D eigenvalue weighted by Gasteiger charge is 2.32. The van der Waals surface area contributed by atoms with Crippen molar-refractivity contribution in [1.29, 1.82) is 0 Å². The Bertz CT molecular complexity index is 910. The Morgan fingerprint density at radius 3 is 2.52 bits per heavy atom. The Labute approximate surface area is 170 Å². The molecule has 2 atom stereocenters. The summed E-state index contributed by atoms with van der Waals surface area (Å²) in [5.74, 6) is 0.238. The lowest BCUT2D eigenvalue weighted by molar-refractivity contribution is -0.122. The summed E-state index contributed by atoms with van der Waals surface area (Å²) in [6.45, 7) is 4.24. The van der Waals surface area contributed by atoms with Gasteiger partial charge in [-0.05, 0) is 36.1 Å². The van der Waals surface area contributed by atoms with Gasteiger partial charge in [-0.2, -0.15) is 5.10 Å². The van der Waals surface area contributed by atoms with E-state index < -0.39 is 0 Å². The summed E-state index contributed by atoms with van der Waals surface area (Å²) in [7, 11) is 0. The number of likely N-dealkylation sites (tertiary alicyclic amines) is 1. The molecule has 1 saturated heterocycles. The van der Waals surface area contributed by atoms with Crippen molar-refractivity contribution in [2.24, 2.45) is 5.92 Å². The molecular weight excluding hydrogens is 366 g/mol. The monoisotopic (exact) mass is 393 g/mol. The first-order chi connectivity index (χ1) is 14.1. The quantitative estimate of drug-likeness (QED) is 0.580. The first-order valence-electron chi connectivity index (χ1n) is 9.73. The Hall–Kier alpha value is -2.96. The smallest absolute Gasteiger partial charge is 0.290 e. The lowest BCUT2D eigenvalue weighted by Gasteiger charge is -2.18. The number of carbonyl (C=O) groups is 1. The zero-order chi connectivity index (χ0) is 20.6. The van der Waals surface area contributed by atoms with Crippen LogP contribution in [0.2, 0.25) is 0 Å². The first kappa shape index (κ1) is 20.8. The van der Waals surface area contributed by atoms with Gasteiger partial charge in [0.25, 0.3) is 6.47 Å². The molecule has 1 aliphatic heterocycles. The van der Waals surface area contributed by atoms with Gasteiger partial charge in [-0.3, -0.25) is 14.8 Å². The van der Waals surface area contributed by atoms with E-state index in [0.29, 0.717) is 0 Å². The summed E-state index contributed by atoms with van der Waals surface area (Å²) in [6, 6.07) is 21.1. The molecule has 0 saturated carbocycles. The number of H-pyrrole nitrogens is 1. The van der Waals surface area contributed by atoms with Gasteiger partial charge >= 0.3 is 0 Å². The number of aliphatic hydroxyl groups excluding tert-OH is 1. The van der Waals surface area contributed by atoms with Gasteiger partial charge < -0.3 is 10.2 Å². The van der Waals surface area contributed by atoms with Crippen LogP contribution in [0.3, 0.4) is 0 Å². The molecular formula is C23H27N3O3. The predicted molar refractivity (Wildman–Crippen MR) is 112 cm³/mol. The molecule has 2 heterocycles. The van der Waals surface area contributed by atoms with E-state index >= 15 is 0 Å². The minimum absolute atomic E-state index is 0.238. The average molecular weight is 393 g/mol.